The molecule has 0 saturated heterocycles. The molecule has 0 unspecified atom stereocenters. The summed E-state index contributed by atoms with van der Waals surface area (Å²) in [6.45, 7) is -1.62. The van der Waals surface area contributed by atoms with E-state index in [1.807, 2.05) is 7.05 Å². The standard InChI is InChI=1S/C13H18F2N2O3.ClH/c1-16-6-3-7-17-12(18)9-4-5-10(20-13(14)15)11(8-9)19-2;/h4-5,8,13,16H,3,6-7H2,1-2H3,(H,17,18);1H. The van der Waals surface area contributed by atoms with Crippen molar-refractivity contribution in [2.75, 3.05) is 27.2 Å². The SMILES string of the molecule is CNCCCNC(=O)c1ccc(OC(F)F)c(OC)c1.Cl. The fourth-order valence-electron chi connectivity index (χ4n) is 1.57. The average Bonchev–Trinajstić information content (AvgIpc) is 2.43. The molecule has 0 aliphatic heterocycles. The predicted octanol–water partition coefficient (Wildman–Crippen LogP) is 2.06. The number of carbonyl (C=O) groups excluding carboxylic acids is 1. The van der Waals surface area contributed by atoms with Crippen LogP contribution in [0.2, 0.25) is 0 Å². The number of halogens is 3. The molecule has 0 spiro atoms. The number of amides is 1. The molecule has 0 bridgehead atoms. The van der Waals surface area contributed by atoms with Gasteiger partial charge < -0.3 is 20.1 Å². The van der Waals surface area contributed by atoms with Gasteiger partial charge in [0.25, 0.3) is 5.91 Å². The zero-order chi connectivity index (χ0) is 15.0. The Bertz CT molecular complexity index is 447. The number of methoxy groups -OCH3 is 1. The van der Waals surface area contributed by atoms with Crippen molar-refractivity contribution in [3.05, 3.63) is 23.8 Å². The maximum atomic E-state index is 12.2. The number of hydrogen-bond acceptors (Lipinski definition) is 4. The molecular formula is C13H19ClF2N2O3. The molecule has 0 aliphatic rings. The average molecular weight is 325 g/mol. The van der Waals surface area contributed by atoms with Gasteiger partial charge in [0.2, 0.25) is 0 Å². The van der Waals surface area contributed by atoms with Gasteiger partial charge in [-0.3, -0.25) is 4.79 Å². The molecule has 0 saturated carbocycles. The fourth-order valence-corrected chi connectivity index (χ4v) is 1.57. The van der Waals surface area contributed by atoms with Gasteiger partial charge in [-0.1, -0.05) is 0 Å². The molecule has 1 aromatic carbocycles. The Morgan fingerprint density at radius 2 is 2.00 bits per heavy atom. The fraction of sp³-hybridized carbons (Fsp3) is 0.462. The number of hydrogen-bond donors (Lipinski definition) is 2. The van der Waals surface area contributed by atoms with Gasteiger partial charge in [-0.05, 0) is 38.2 Å². The van der Waals surface area contributed by atoms with E-state index in [0.29, 0.717) is 12.1 Å². The number of rotatable bonds is 8. The van der Waals surface area contributed by atoms with Crippen LogP contribution in [0.1, 0.15) is 16.8 Å². The lowest BCUT2D eigenvalue weighted by molar-refractivity contribution is -0.0512. The van der Waals surface area contributed by atoms with E-state index in [0.717, 1.165) is 13.0 Å². The van der Waals surface area contributed by atoms with Gasteiger partial charge in [0.1, 0.15) is 0 Å². The molecule has 21 heavy (non-hydrogen) atoms. The molecule has 5 nitrogen and oxygen atoms in total. The molecule has 8 heteroatoms. The van der Waals surface area contributed by atoms with E-state index in [4.69, 9.17) is 4.74 Å². The lowest BCUT2D eigenvalue weighted by Gasteiger charge is -2.11. The summed E-state index contributed by atoms with van der Waals surface area (Å²) < 4.78 is 33.6. The van der Waals surface area contributed by atoms with Crippen molar-refractivity contribution in [3.8, 4) is 11.5 Å². The Morgan fingerprint density at radius 3 is 2.57 bits per heavy atom. The van der Waals surface area contributed by atoms with Crippen LogP contribution in [0, 0.1) is 0 Å². The Labute approximate surface area is 128 Å². The summed E-state index contributed by atoms with van der Waals surface area (Å²) in [5.74, 6) is -0.301. The van der Waals surface area contributed by atoms with Crippen LogP contribution in [0.3, 0.4) is 0 Å². The first kappa shape index (κ1) is 19.4. The summed E-state index contributed by atoms with van der Waals surface area (Å²) >= 11 is 0. The first-order valence-corrected chi connectivity index (χ1v) is 6.14. The molecule has 0 aromatic heterocycles. The third-order valence-corrected chi connectivity index (χ3v) is 2.53. The van der Waals surface area contributed by atoms with E-state index in [-0.39, 0.29) is 29.8 Å². The first-order valence-electron chi connectivity index (χ1n) is 6.14. The van der Waals surface area contributed by atoms with Crippen LogP contribution in [0.15, 0.2) is 18.2 Å². The minimum absolute atomic E-state index is 0. The van der Waals surface area contributed by atoms with E-state index >= 15 is 0 Å². The van der Waals surface area contributed by atoms with Crippen molar-refractivity contribution in [3.63, 3.8) is 0 Å². The molecule has 0 heterocycles. The summed E-state index contributed by atoms with van der Waals surface area (Å²) in [6.07, 6.45) is 0.798. The lowest BCUT2D eigenvalue weighted by Crippen LogP contribution is -2.26. The molecule has 0 atom stereocenters. The van der Waals surface area contributed by atoms with E-state index < -0.39 is 6.61 Å². The van der Waals surface area contributed by atoms with Crippen molar-refractivity contribution in [2.24, 2.45) is 0 Å². The summed E-state index contributed by atoms with van der Waals surface area (Å²) in [4.78, 5) is 11.8. The molecule has 1 amide bonds. The molecule has 120 valence electrons. The minimum Gasteiger partial charge on any atom is -0.493 e. The van der Waals surface area contributed by atoms with Crippen LogP contribution in [0.25, 0.3) is 0 Å². The van der Waals surface area contributed by atoms with E-state index in [9.17, 15) is 13.6 Å². The molecule has 0 fully saturated rings. The zero-order valence-corrected chi connectivity index (χ0v) is 12.6. The highest BCUT2D eigenvalue weighted by Gasteiger charge is 2.13. The summed E-state index contributed by atoms with van der Waals surface area (Å²) in [5, 5.41) is 5.69. The largest absolute Gasteiger partial charge is 0.493 e. The minimum atomic E-state index is -2.94. The normalized spacial score (nSPS) is 9.95. The maximum Gasteiger partial charge on any atom is 0.387 e. The van der Waals surface area contributed by atoms with Crippen molar-refractivity contribution in [2.45, 2.75) is 13.0 Å². The molecule has 0 radical (unpaired) electrons. The van der Waals surface area contributed by atoms with Crippen LogP contribution in [-0.2, 0) is 0 Å². The van der Waals surface area contributed by atoms with E-state index in [2.05, 4.69) is 15.4 Å². The Morgan fingerprint density at radius 1 is 1.29 bits per heavy atom. The third kappa shape index (κ3) is 6.59. The molecular weight excluding hydrogens is 306 g/mol. The van der Waals surface area contributed by atoms with Gasteiger partial charge in [-0.25, -0.2) is 0 Å². The van der Waals surface area contributed by atoms with Gasteiger partial charge in [0.05, 0.1) is 7.11 Å². The van der Waals surface area contributed by atoms with E-state index in [1.54, 1.807) is 0 Å². The maximum absolute atomic E-state index is 12.2. The summed E-state index contributed by atoms with van der Waals surface area (Å²) in [5.41, 5.74) is 0.327. The van der Waals surface area contributed by atoms with Crippen LogP contribution < -0.4 is 20.1 Å². The highest BCUT2D eigenvalue weighted by atomic mass is 35.5. The number of carbonyl (C=O) groups is 1. The second-order valence-electron chi connectivity index (χ2n) is 3.96. The van der Waals surface area contributed by atoms with Crippen molar-refractivity contribution >= 4 is 18.3 Å². The number of alkyl halides is 2. The molecule has 2 N–H and O–H groups in total. The monoisotopic (exact) mass is 324 g/mol. The first-order chi connectivity index (χ1) is 9.58. The molecule has 1 rings (SSSR count). The van der Waals surface area contributed by atoms with Gasteiger partial charge in [0, 0.05) is 12.1 Å². The highest BCUT2D eigenvalue weighted by Crippen LogP contribution is 2.29. The second kappa shape index (κ2) is 10.2. The third-order valence-electron chi connectivity index (χ3n) is 2.53. The number of benzene rings is 1. The van der Waals surface area contributed by atoms with Crippen molar-refractivity contribution in [1.82, 2.24) is 10.6 Å². The van der Waals surface area contributed by atoms with Crippen LogP contribution in [0.5, 0.6) is 11.5 Å². The number of ether oxygens (including phenoxy) is 2. The Balaban J connectivity index is 0.00000400. The van der Waals surface area contributed by atoms with Gasteiger partial charge in [-0.2, -0.15) is 8.78 Å². The molecule has 0 aliphatic carbocycles. The number of nitrogens with one attached hydrogen (secondary N) is 2. The van der Waals surface area contributed by atoms with Crippen LogP contribution >= 0.6 is 12.4 Å². The van der Waals surface area contributed by atoms with Crippen LogP contribution in [0.4, 0.5) is 8.78 Å². The summed E-state index contributed by atoms with van der Waals surface area (Å²) in [6, 6.07) is 4.06. The van der Waals surface area contributed by atoms with Gasteiger partial charge in [0.15, 0.2) is 11.5 Å². The topological polar surface area (TPSA) is 59.6 Å². The predicted molar refractivity (Wildman–Crippen MR) is 77.8 cm³/mol. The summed E-state index contributed by atoms with van der Waals surface area (Å²) in [7, 11) is 3.15. The highest BCUT2D eigenvalue weighted by molar-refractivity contribution is 5.94. The Hall–Kier alpha value is -1.60. The zero-order valence-electron chi connectivity index (χ0n) is 11.8. The van der Waals surface area contributed by atoms with E-state index in [1.165, 1.54) is 25.3 Å². The molecule has 1 aromatic rings. The van der Waals surface area contributed by atoms with Crippen molar-refractivity contribution < 1.29 is 23.0 Å². The van der Waals surface area contributed by atoms with Gasteiger partial charge >= 0.3 is 6.61 Å². The van der Waals surface area contributed by atoms with Gasteiger partial charge in [-0.15, -0.1) is 12.4 Å². The quantitative estimate of drug-likeness (QED) is 0.719. The lowest BCUT2D eigenvalue weighted by atomic mass is 10.2. The second-order valence-corrected chi connectivity index (χ2v) is 3.96. The van der Waals surface area contributed by atoms with Crippen molar-refractivity contribution in [1.29, 1.82) is 0 Å². The Kier molecular flexibility index (Phi) is 9.40. The van der Waals surface area contributed by atoms with Crippen LogP contribution in [-0.4, -0.2) is 39.8 Å². The smallest absolute Gasteiger partial charge is 0.387 e.